The van der Waals surface area contributed by atoms with E-state index < -0.39 is 48.1 Å². The lowest BCUT2D eigenvalue weighted by Gasteiger charge is -2.45. The third-order valence-corrected chi connectivity index (χ3v) is 9.82. The van der Waals surface area contributed by atoms with E-state index in [-0.39, 0.29) is 29.3 Å². The van der Waals surface area contributed by atoms with Gasteiger partial charge in [0.05, 0.1) is 17.0 Å². The molecule has 2 amide bonds. The van der Waals surface area contributed by atoms with Gasteiger partial charge < -0.3 is 30.4 Å². The SMILES string of the molecule is CCCC[C@](C)(C(=O)O)[C@@H](C)C(=O)N1CCc2c(Cl)ccc(OC/C(N)=C(\C(F)F)N(C)N)c2C1N1CC2(CC2)CC1=O. The Balaban J connectivity index is 1.79. The van der Waals surface area contributed by atoms with Crippen LogP contribution in [0, 0.1) is 16.7 Å². The van der Waals surface area contributed by atoms with Crippen LogP contribution in [0.3, 0.4) is 0 Å². The molecule has 1 aliphatic carbocycles. The smallest absolute Gasteiger partial charge is 0.310 e. The minimum Gasteiger partial charge on any atom is -0.487 e. The van der Waals surface area contributed by atoms with Crippen LogP contribution in [0.1, 0.15) is 76.6 Å². The first-order valence-electron chi connectivity index (χ1n) is 14.7. The van der Waals surface area contributed by atoms with Gasteiger partial charge in [0.25, 0.3) is 6.43 Å². The molecule has 1 aromatic rings. The molecule has 4 rings (SSSR count). The Morgan fingerprint density at radius 3 is 2.53 bits per heavy atom. The van der Waals surface area contributed by atoms with E-state index in [9.17, 15) is 28.3 Å². The lowest BCUT2D eigenvalue weighted by Crippen LogP contribution is -2.53. The van der Waals surface area contributed by atoms with Gasteiger partial charge in [-0.1, -0.05) is 38.3 Å². The van der Waals surface area contributed by atoms with Crippen molar-refractivity contribution in [3.63, 3.8) is 0 Å². The Labute approximate surface area is 255 Å². The zero-order valence-electron chi connectivity index (χ0n) is 25.2. The average molecular weight is 626 g/mol. The molecule has 1 unspecified atom stereocenters. The molecular formula is C30H42ClF2N5O5. The van der Waals surface area contributed by atoms with Gasteiger partial charge in [-0.3, -0.25) is 14.4 Å². The van der Waals surface area contributed by atoms with E-state index in [4.69, 9.17) is 27.9 Å². The second-order valence-electron chi connectivity index (χ2n) is 12.5. The molecule has 1 saturated carbocycles. The molecule has 13 heteroatoms. The molecule has 10 nitrogen and oxygen atoms in total. The van der Waals surface area contributed by atoms with Gasteiger partial charge in [-0.25, -0.2) is 14.6 Å². The molecule has 1 spiro atoms. The number of nitrogens with two attached hydrogens (primary N) is 2. The van der Waals surface area contributed by atoms with Gasteiger partial charge in [0.1, 0.15) is 24.2 Å². The molecule has 0 radical (unpaired) electrons. The van der Waals surface area contributed by atoms with Crippen molar-refractivity contribution in [1.82, 2.24) is 14.8 Å². The minimum atomic E-state index is -2.94. The number of hydrogen-bond donors (Lipinski definition) is 3. The van der Waals surface area contributed by atoms with Crippen molar-refractivity contribution in [2.75, 3.05) is 26.7 Å². The predicted octanol–water partition coefficient (Wildman–Crippen LogP) is 4.27. The molecule has 5 N–H and O–H groups in total. The van der Waals surface area contributed by atoms with E-state index in [1.807, 2.05) is 6.92 Å². The number of unbranched alkanes of at least 4 members (excludes halogenated alkanes) is 1. The number of benzene rings is 1. The summed E-state index contributed by atoms with van der Waals surface area (Å²) in [6, 6.07) is 3.19. The molecule has 43 heavy (non-hydrogen) atoms. The molecule has 2 heterocycles. The van der Waals surface area contributed by atoms with Crippen LogP contribution in [0.25, 0.3) is 0 Å². The number of hydrogen-bond acceptors (Lipinski definition) is 7. The lowest BCUT2D eigenvalue weighted by molar-refractivity contribution is -0.162. The lowest BCUT2D eigenvalue weighted by atomic mass is 9.73. The summed E-state index contributed by atoms with van der Waals surface area (Å²) in [6.07, 6.45) is 0.360. The van der Waals surface area contributed by atoms with Crippen LogP contribution in [0.5, 0.6) is 5.75 Å². The molecule has 2 aliphatic heterocycles. The maximum Gasteiger partial charge on any atom is 0.310 e. The molecular weight excluding hydrogens is 584 g/mol. The first kappa shape index (κ1) is 32.8. The fourth-order valence-electron chi connectivity index (χ4n) is 6.33. The monoisotopic (exact) mass is 625 g/mol. The topological polar surface area (TPSA) is 142 Å². The third kappa shape index (κ3) is 6.26. The molecule has 3 atom stereocenters. The zero-order chi connectivity index (χ0) is 31.9. The van der Waals surface area contributed by atoms with Crippen LogP contribution in [-0.4, -0.2) is 70.9 Å². The summed E-state index contributed by atoms with van der Waals surface area (Å²) in [5, 5.41) is 11.4. The number of fused-ring (bicyclic) bond motifs is 1. The normalized spacial score (nSPS) is 21.8. The maximum absolute atomic E-state index is 14.3. The van der Waals surface area contributed by atoms with Crippen LogP contribution in [0.15, 0.2) is 23.5 Å². The average Bonchev–Trinajstić information content (AvgIpc) is 3.62. The Morgan fingerprint density at radius 2 is 2.00 bits per heavy atom. The summed E-state index contributed by atoms with van der Waals surface area (Å²) < 4.78 is 33.3. The fraction of sp³-hybridized carbons (Fsp3) is 0.633. The standard InChI is InChI=1S/C30H42ClF2N5O5/c1-5-6-10-29(3,28(41)42)17(2)27(40)37-13-9-18-19(31)7-8-21(43-15-20(34)24(25(32)33)36(4)35)23(18)26(37)38-16-30(11-12-30)14-22(38)39/h7-8,17,25-26H,5-6,9-16,34-35H2,1-4H3,(H,41,42)/b24-20-/t17-,26?,29-/m0/s1. The summed E-state index contributed by atoms with van der Waals surface area (Å²) in [5.41, 5.74) is 4.79. The number of hydrazine groups is 1. The molecule has 0 bridgehead atoms. The predicted molar refractivity (Wildman–Crippen MR) is 157 cm³/mol. The van der Waals surface area contributed by atoms with Crippen molar-refractivity contribution in [3.8, 4) is 5.75 Å². The number of carbonyl (C=O) groups is 3. The summed E-state index contributed by atoms with van der Waals surface area (Å²) >= 11 is 6.65. The number of carbonyl (C=O) groups excluding carboxylic acids is 2. The van der Waals surface area contributed by atoms with Crippen molar-refractivity contribution in [3.05, 3.63) is 39.7 Å². The van der Waals surface area contributed by atoms with Crippen molar-refractivity contribution >= 4 is 29.4 Å². The Bertz CT molecular complexity index is 1290. The second-order valence-corrected chi connectivity index (χ2v) is 12.9. The van der Waals surface area contributed by atoms with Crippen molar-refractivity contribution in [2.24, 2.45) is 28.3 Å². The third-order valence-electron chi connectivity index (χ3n) is 9.47. The number of alkyl halides is 2. The highest BCUT2D eigenvalue weighted by atomic mass is 35.5. The van der Waals surface area contributed by atoms with Crippen LogP contribution in [-0.2, 0) is 20.8 Å². The quantitative estimate of drug-likeness (QED) is 0.231. The van der Waals surface area contributed by atoms with Crippen LogP contribution in [0.2, 0.25) is 5.02 Å². The van der Waals surface area contributed by atoms with Crippen molar-refractivity contribution in [2.45, 2.75) is 78.3 Å². The number of carboxylic acids is 1. The highest BCUT2D eigenvalue weighted by Crippen LogP contribution is 2.56. The Kier molecular flexibility index (Phi) is 9.51. The largest absolute Gasteiger partial charge is 0.487 e. The minimum absolute atomic E-state index is 0.122. The van der Waals surface area contributed by atoms with E-state index in [2.05, 4.69) is 0 Å². The van der Waals surface area contributed by atoms with E-state index in [1.54, 1.807) is 35.8 Å². The summed E-state index contributed by atoms with van der Waals surface area (Å²) in [5.74, 6) is 3.34. The molecule has 0 aromatic heterocycles. The first-order chi connectivity index (χ1) is 20.2. The van der Waals surface area contributed by atoms with Gasteiger partial charge in [0.2, 0.25) is 11.8 Å². The molecule has 1 saturated heterocycles. The Morgan fingerprint density at radius 1 is 1.33 bits per heavy atom. The number of carboxylic acid groups (broad SMARTS) is 1. The van der Waals surface area contributed by atoms with Gasteiger partial charge in [-0.05, 0) is 55.7 Å². The number of nitrogens with zero attached hydrogens (tertiary/aromatic N) is 3. The highest BCUT2D eigenvalue weighted by molar-refractivity contribution is 6.31. The number of halogens is 3. The maximum atomic E-state index is 14.3. The number of aliphatic carboxylic acids is 1. The summed E-state index contributed by atoms with van der Waals surface area (Å²) in [7, 11) is 1.25. The number of allylic oxidation sites excluding steroid dienone is 1. The van der Waals surface area contributed by atoms with Gasteiger partial charge >= 0.3 is 5.97 Å². The van der Waals surface area contributed by atoms with Crippen molar-refractivity contribution in [1.29, 1.82) is 0 Å². The molecule has 2 fully saturated rings. The van der Waals surface area contributed by atoms with Gasteiger partial charge in [0.15, 0.2) is 0 Å². The fourth-order valence-corrected chi connectivity index (χ4v) is 6.59. The van der Waals surface area contributed by atoms with Crippen LogP contribution >= 0.6 is 11.6 Å². The number of likely N-dealkylation sites (tertiary alicyclic amines) is 1. The zero-order valence-corrected chi connectivity index (χ0v) is 25.9. The van der Waals surface area contributed by atoms with E-state index in [1.165, 1.54) is 7.05 Å². The van der Waals surface area contributed by atoms with E-state index in [0.717, 1.165) is 24.3 Å². The number of rotatable bonds is 12. The Hall–Kier alpha value is -3.12. The van der Waals surface area contributed by atoms with Gasteiger partial charge in [-0.15, -0.1) is 0 Å². The van der Waals surface area contributed by atoms with Crippen molar-refractivity contribution < 1.29 is 33.0 Å². The van der Waals surface area contributed by atoms with Crippen LogP contribution < -0.4 is 16.3 Å². The molecule has 3 aliphatic rings. The van der Waals surface area contributed by atoms with Crippen LogP contribution in [0.4, 0.5) is 8.78 Å². The summed E-state index contributed by atoms with van der Waals surface area (Å²) in [6.45, 7) is 5.39. The number of ether oxygens (including phenoxy) is 1. The molecule has 1 aromatic carbocycles. The van der Waals surface area contributed by atoms with E-state index >= 15 is 0 Å². The second kappa shape index (κ2) is 12.5. The number of amides is 2. The van der Waals surface area contributed by atoms with Gasteiger partial charge in [-0.2, -0.15) is 0 Å². The first-order valence-corrected chi connectivity index (χ1v) is 15.1. The highest BCUT2D eigenvalue weighted by Gasteiger charge is 2.56. The van der Waals surface area contributed by atoms with Gasteiger partial charge in [0, 0.05) is 37.1 Å². The molecule has 238 valence electrons. The van der Waals surface area contributed by atoms with E-state index in [0.29, 0.717) is 48.4 Å². The summed E-state index contributed by atoms with van der Waals surface area (Å²) in [4.78, 5) is 43.5.